The van der Waals surface area contributed by atoms with Crippen molar-refractivity contribution >= 4 is 39.7 Å². The highest BCUT2D eigenvalue weighted by molar-refractivity contribution is 6.03. The first kappa shape index (κ1) is 13.0. The van der Waals surface area contributed by atoms with E-state index in [-0.39, 0.29) is 12.4 Å². The second-order valence-corrected chi connectivity index (χ2v) is 4.53. The summed E-state index contributed by atoms with van der Waals surface area (Å²) < 4.78 is 0. The van der Waals surface area contributed by atoms with Crippen molar-refractivity contribution in [3.8, 4) is 0 Å². The SMILES string of the molecule is C/C(CC(=O)O)=N/Nc1nnc2c(n1)[nH]c1ccccc12. The first-order valence-electron chi connectivity index (χ1n) is 6.25. The van der Waals surface area contributed by atoms with Crippen LogP contribution in [0.25, 0.3) is 22.1 Å². The number of benzene rings is 1. The molecule has 106 valence electrons. The molecule has 0 fully saturated rings. The van der Waals surface area contributed by atoms with Gasteiger partial charge in [-0.1, -0.05) is 18.2 Å². The second-order valence-electron chi connectivity index (χ2n) is 4.53. The smallest absolute Gasteiger partial charge is 0.309 e. The topological polar surface area (TPSA) is 116 Å². The molecule has 0 saturated heterocycles. The number of rotatable bonds is 4. The zero-order valence-electron chi connectivity index (χ0n) is 11.2. The lowest BCUT2D eigenvalue weighted by Crippen LogP contribution is -2.06. The molecular weight excluding hydrogens is 272 g/mol. The van der Waals surface area contributed by atoms with Crippen LogP contribution in [-0.2, 0) is 4.79 Å². The Morgan fingerprint density at radius 1 is 1.38 bits per heavy atom. The van der Waals surface area contributed by atoms with Crippen LogP contribution >= 0.6 is 0 Å². The van der Waals surface area contributed by atoms with Gasteiger partial charge in [-0.25, -0.2) is 5.43 Å². The van der Waals surface area contributed by atoms with E-state index in [1.807, 2.05) is 24.3 Å². The van der Waals surface area contributed by atoms with E-state index in [1.54, 1.807) is 6.92 Å². The molecule has 0 spiro atoms. The molecule has 1 aromatic carbocycles. The predicted octanol–water partition coefficient (Wildman–Crippen LogP) is 1.77. The van der Waals surface area contributed by atoms with Crippen LogP contribution in [0.5, 0.6) is 0 Å². The van der Waals surface area contributed by atoms with Gasteiger partial charge in [0.1, 0.15) is 5.52 Å². The van der Waals surface area contributed by atoms with E-state index in [1.165, 1.54) is 0 Å². The van der Waals surface area contributed by atoms with Gasteiger partial charge >= 0.3 is 5.97 Å². The maximum Gasteiger partial charge on any atom is 0.309 e. The van der Waals surface area contributed by atoms with Crippen molar-refractivity contribution in [3.63, 3.8) is 0 Å². The molecule has 0 saturated carbocycles. The number of hydrogen-bond acceptors (Lipinski definition) is 6. The lowest BCUT2D eigenvalue weighted by atomic mass is 10.2. The third kappa shape index (κ3) is 2.64. The number of hydrazone groups is 1. The number of para-hydroxylation sites is 1. The van der Waals surface area contributed by atoms with Crippen LogP contribution in [-0.4, -0.2) is 37.0 Å². The van der Waals surface area contributed by atoms with Crippen molar-refractivity contribution < 1.29 is 9.90 Å². The first-order valence-corrected chi connectivity index (χ1v) is 6.25. The third-order valence-electron chi connectivity index (χ3n) is 2.88. The molecule has 0 amide bonds. The van der Waals surface area contributed by atoms with Crippen molar-refractivity contribution in [1.29, 1.82) is 0 Å². The molecule has 0 aliphatic rings. The number of aromatic nitrogens is 4. The number of fused-ring (bicyclic) bond motifs is 3. The molecule has 8 heteroatoms. The first-order chi connectivity index (χ1) is 10.1. The summed E-state index contributed by atoms with van der Waals surface area (Å²) in [5.41, 5.74) is 5.23. The lowest BCUT2D eigenvalue weighted by Gasteiger charge is -1.99. The minimum atomic E-state index is -0.942. The Morgan fingerprint density at radius 3 is 3.00 bits per heavy atom. The standard InChI is InChI=1S/C13H12N6O2/c1-7(6-10(20)21)16-18-13-15-12-11(17-19-13)8-4-2-3-5-9(8)14-12/h2-5H,6H2,1H3,(H,20,21)(H2,14,15,18,19)/b16-7-. The van der Waals surface area contributed by atoms with Crippen LogP contribution in [0.3, 0.4) is 0 Å². The van der Waals surface area contributed by atoms with E-state index >= 15 is 0 Å². The Labute approximate surface area is 118 Å². The number of aliphatic carboxylic acids is 1. The fraction of sp³-hybridized carbons (Fsp3) is 0.154. The van der Waals surface area contributed by atoms with E-state index in [9.17, 15) is 4.79 Å². The quantitative estimate of drug-likeness (QED) is 0.496. The summed E-state index contributed by atoms with van der Waals surface area (Å²) in [4.78, 5) is 17.9. The molecule has 3 rings (SSSR count). The Hall–Kier alpha value is -3.03. The van der Waals surface area contributed by atoms with E-state index in [4.69, 9.17) is 5.11 Å². The lowest BCUT2D eigenvalue weighted by molar-refractivity contribution is -0.135. The van der Waals surface area contributed by atoms with Gasteiger partial charge in [-0.05, 0) is 13.0 Å². The zero-order valence-corrected chi connectivity index (χ0v) is 11.2. The minimum Gasteiger partial charge on any atom is -0.481 e. The number of carboxylic acids is 1. The molecule has 8 nitrogen and oxygen atoms in total. The molecule has 0 radical (unpaired) electrons. The van der Waals surface area contributed by atoms with Gasteiger partial charge in [0.15, 0.2) is 5.65 Å². The molecule has 2 aromatic heterocycles. The molecule has 0 unspecified atom stereocenters. The zero-order chi connectivity index (χ0) is 14.8. The molecular formula is C13H12N6O2. The number of anilines is 1. The summed E-state index contributed by atoms with van der Waals surface area (Å²) >= 11 is 0. The van der Waals surface area contributed by atoms with Gasteiger partial charge in [-0.15, -0.1) is 10.2 Å². The molecule has 0 atom stereocenters. The highest BCUT2D eigenvalue weighted by Gasteiger charge is 2.08. The predicted molar refractivity (Wildman–Crippen MR) is 78.2 cm³/mol. The Kier molecular flexibility index (Phi) is 3.19. The van der Waals surface area contributed by atoms with Gasteiger partial charge in [-0.2, -0.15) is 10.1 Å². The van der Waals surface area contributed by atoms with Crippen molar-refractivity contribution in [3.05, 3.63) is 24.3 Å². The van der Waals surface area contributed by atoms with Gasteiger partial charge in [0.25, 0.3) is 5.95 Å². The van der Waals surface area contributed by atoms with Crippen molar-refractivity contribution in [2.24, 2.45) is 5.10 Å². The molecule has 3 aromatic rings. The Bertz CT molecular complexity index is 854. The van der Waals surface area contributed by atoms with Crippen LogP contribution in [0.2, 0.25) is 0 Å². The fourth-order valence-corrected chi connectivity index (χ4v) is 1.97. The summed E-state index contributed by atoms with van der Waals surface area (Å²) in [7, 11) is 0. The van der Waals surface area contributed by atoms with Gasteiger partial charge in [0.05, 0.1) is 6.42 Å². The second kappa shape index (κ2) is 5.16. The number of carbonyl (C=O) groups is 1. The van der Waals surface area contributed by atoms with Crippen molar-refractivity contribution in [2.75, 3.05) is 5.43 Å². The molecule has 21 heavy (non-hydrogen) atoms. The molecule has 3 N–H and O–H groups in total. The van der Waals surface area contributed by atoms with Gasteiger partial charge in [0.2, 0.25) is 0 Å². The van der Waals surface area contributed by atoms with Crippen molar-refractivity contribution in [2.45, 2.75) is 13.3 Å². The van der Waals surface area contributed by atoms with E-state index in [0.717, 1.165) is 10.9 Å². The van der Waals surface area contributed by atoms with Crippen LogP contribution in [0.15, 0.2) is 29.4 Å². The van der Waals surface area contributed by atoms with Gasteiger partial charge in [0, 0.05) is 16.6 Å². The van der Waals surface area contributed by atoms with E-state index < -0.39 is 5.97 Å². The number of H-pyrrole nitrogens is 1. The molecule has 0 aliphatic heterocycles. The number of carboxylic acid groups (broad SMARTS) is 1. The van der Waals surface area contributed by atoms with E-state index in [2.05, 4.69) is 30.7 Å². The summed E-state index contributed by atoms with van der Waals surface area (Å²) in [5, 5.41) is 21.5. The maximum absolute atomic E-state index is 10.5. The third-order valence-corrected chi connectivity index (χ3v) is 2.88. The Morgan fingerprint density at radius 2 is 2.19 bits per heavy atom. The monoisotopic (exact) mass is 284 g/mol. The maximum atomic E-state index is 10.5. The van der Waals surface area contributed by atoms with Crippen LogP contribution in [0, 0.1) is 0 Å². The van der Waals surface area contributed by atoms with Crippen LogP contribution < -0.4 is 5.43 Å². The highest BCUT2D eigenvalue weighted by Crippen LogP contribution is 2.21. The summed E-state index contributed by atoms with van der Waals surface area (Å²) in [6, 6.07) is 7.71. The molecule has 2 heterocycles. The number of hydrogen-bond donors (Lipinski definition) is 3. The van der Waals surface area contributed by atoms with Crippen LogP contribution in [0.4, 0.5) is 5.95 Å². The molecule has 0 aliphatic carbocycles. The number of nitrogens with one attached hydrogen (secondary N) is 2. The normalized spacial score (nSPS) is 12.0. The average molecular weight is 284 g/mol. The van der Waals surface area contributed by atoms with E-state index in [0.29, 0.717) is 16.9 Å². The summed E-state index contributed by atoms with van der Waals surface area (Å²) in [6.45, 7) is 1.61. The summed E-state index contributed by atoms with van der Waals surface area (Å²) in [5.74, 6) is -0.734. The number of nitrogens with zero attached hydrogens (tertiary/aromatic N) is 4. The van der Waals surface area contributed by atoms with Crippen LogP contribution in [0.1, 0.15) is 13.3 Å². The Balaban J connectivity index is 1.91. The fourth-order valence-electron chi connectivity index (χ4n) is 1.97. The summed E-state index contributed by atoms with van der Waals surface area (Å²) in [6.07, 6.45) is -0.144. The van der Waals surface area contributed by atoms with Gasteiger partial charge < -0.3 is 10.1 Å². The van der Waals surface area contributed by atoms with Crippen molar-refractivity contribution in [1.82, 2.24) is 20.2 Å². The molecule has 0 bridgehead atoms. The van der Waals surface area contributed by atoms with Gasteiger partial charge in [-0.3, -0.25) is 4.79 Å². The largest absolute Gasteiger partial charge is 0.481 e. The highest BCUT2D eigenvalue weighted by atomic mass is 16.4. The average Bonchev–Trinajstić information content (AvgIpc) is 2.82. The number of aromatic amines is 1. The minimum absolute atomic E-state index is 0.144.